The lowest BCUT2D eigenvalue weighted by Gasteiger charge is -2.34. The fourth-order valence-electron chi connectivity index (χ4n) is 3.38. The van der Waals surface area contributed by atoms with Gasteiger partial charge in [-0.2, -0.15) is 0 Å². The summed E-state index contributed by atoms with van der Waals surface area (Å²) in [4.78, 5) is 20.0. The Labute approximate surface area is 168 Å². The maximum Gasteiger partial charge on any atom is 0.225 e. The van der Waals surface area contributed by atoms with Crippen LogP contribution >= 0.6 is 0 Å². The van der Waals surface area contributed by atoms with Crippen molar-refractivity contribution >= 4 is 11.9 Å². The molecule has 3 rings (SSSR count). The molecule has 28 heavy (non-hydrogen) atoms. The van der Waals surface area contributed by atoms with E-state index in [2.05, 4.69) is 73.2 Å². The third-order valence-electron chi connectivity index (χ3n) is 5.03. The highest BCUT2D eigenvalue weighted by Gasteiger charge is 2.18. The highest BCUT2D eigenvalue weighted by atomic mass is 15.3. The van der Waals surface area contributed by atoms with Crippen LogP contribution in [0.1, 0.15) is 11.1 Å². The summed E-state index contributed by atoms with van der Waals surface area (Å²) >= 11 is 0. The molecule has 2 aromatic rings. The van der Waals surface area contributed by atoms with Crippen LogP contribution in [0.5, 0.6) is 0 Å². The first-order valence-electron chi connectivity index (χ1n) is 9.87. The van der Waals surface area contributed by atoms with Gasteiger partial charge in [0, 0.05) is 72.3 Å². The lowest BCUT2D eigenvalue weighted by molar-refractivity contribution is 0.259. The Kier molecular flexibility index (Phi) is 7.19. The fourth-order valence-corrected chi connectivity index (χ4v) is 3.38. The van der Waals surface area contributed by atoms with Gasteiger partial charge >= 0.3 is 0 Å². The zero-order chi connectivity index (χ0) is 19.8. The number of nitrogens with one attached hydrogen (secondary N) is 1. The maximum atomic E-state index is 4.42. The van der Waals surface area contributed by atoms with Crippen molar-refractivity contribution in [2.45, 2.75) is 13.5 Å². The Hall–Kier alpha value is -2.67. The van der Waals surface area contributed by atoms with Gasteiger partial charge in [-0.1, -0.05) is 29.8 Å². The quantitative estimate of drug-likeness (QED) is 0.606. The number of anilines is 1. The molecule has 0 amide bonds. The fraction of sp³-hybridized carbons (Fsp3) is 0.476. The van der Waals surface area contributed by atoms with E-state index in [9.17, 15) is 0 Å². The second kappa shape index (κ2) is 10.0. The van der Waals surface area contributed by atoms with E-state index in [0.29, 0.717) is 0 Å². The van der Waals surface area contributed by atoms with Crippen molar-refractivity contribution in [1.29, 1.82) is 0 Å². The number of hydrogen-bond acceptors (Lipinski definition) is 5. The minimum Gasteiger partial charge on any atom is -0.355 e. The average molecular weight is 382 g/mol. The molecule has 0 atom stereocenters. The number of piperazine rings is 1. The lowest BCUT2D eigenvalue weighted by atomic mass is 10.1. The number of nitrogens with zero attached hydrogens (tertiary/aromatic N) is 6. The molecule has 0 spiro atoms. The molecule has 1 saturated heterocycles. The zero-order valence-electron chi connectivity index (χ0n) is 17.2. The van der Waals surface area contributed by atoms with E-state index in [0.717, 1.165) is 57.7 Å². The van der Waals surface area contributed by atoms with Crippen molar-refractivity contribution in [2.24, 2.45) is 4.99 Å². The van der Waals surface area contributed by atoms with Crippen LogP contribution in [0.25, 0.3) is 0 Å². The van der Waals surface area contributed by atoms with Gasteiger partial charge in [0.05, 0.1) is 0 Å². The Morgan fingerprint density at radius 3 is 2.43 bits per heavy atom. The van der Waals surface area contributed by atoms with Crippen LogP contribution in [0.15, 0.2) is 47.7 Å². The van der Waals surface area contributed by atoms with Crippen LogP contribution in [0.2, 0.25) is 0 Å². The van der Waals surface area contributed by atoms with Crippen molar-refractivity contribution < 1.29 is 0 Å². The topological polar surface area (TPSA) is 59.9 Å². The molecule has 1 aliphatic rings. The smallest absolute Gasteiger partial charge is 0.225 e. The largest absolute Gasteiger partial charge is 0.355 e. The molecule has 0 saturated carbocycles. The van der Waals surface area contributed by atoms with E-state index < -0.39 is 0 Å². The summed E-state index contributed by atoms with van der Waals surface area (Å²) in [5.41, 5.74) is 2.57. The predicted molar refractivity (Wildman–Crippen MR) is 115 cm³/mol. The molecule has 0 bridgehead atoms. The Morgan fingerprint density at radius 2 is 1.79 bits per heavy atom. The normalized spacial score (nSPS) is 15.5. The first-order valence-corrected chi connectivity index (χ1v) is 9.87. The summed E-state index contributed by atoms with van der Waals surface area (Å²) in [7, 11) is 3.92. The van der Waals surface area contributed by atoms with Crippen LogP contribution in [0, 0.1) is 6.92 Å². The first kappa shape index (κ1) is 20.1. The molecule has 150 valence electrons. The summed E-state index contributed by atoms with van der Waals surface area (Å²) < 4.78 is 0. The first-order chi connectivity index (χ1) is 13.7. The van der Waals surface area contributed by atoms with Gasteiger partial charge in [-0.05, 0) is 18.6 Å². The Bertz CT molecular complexity index is 737. The molecule has 0 aliphatic carbocycles. The van der Waals surface area contributed by atoms with E-state index in [-0.39, 0.29) is 0 Å². The molecule has 7 nitrogen and oxygen atoms in total. The monoisotopic (exact) mass is 381 g/mol. The van der Waals surface area contributed by atoms with Gasteiger partial charge in [0.25, 0.3) is 0 Å². The summed E-state index contributed by atoms with van der Waals surface area (Å²) in [6.45, 7) is 8.82. The van der Waals surface area contributed by atoms with Gasteiger partial charge in [0.2, 0.25) is 5.95 Å². The number of benzene rings is 1. The third-order valence-corrected chi connectivity index (χ3v) is 5.03. The SMILES string of the molecule is CN=C(NCCN1CCN(c2ncccn2)CC1)N(C)Cc1ccc(C)cc1. The maximum absolute atomic E-state index is 4.42. The summed E-state index contributed by atoms with van der Waals surface area (Å²) in [5, 5.41) is 3.49. The third kappa shape index (κ3) is 5.66. The average Bonchev–Trinajstić information content (AvgIpc) is 2.74. The highest BCUT2D eigenvalue weighted by molar-refractivity contribution is 5.79. The van der Waals surface area contributed by atoms with Crippen LogP contribution in [-0.4, -0.2) is 79.1 Å². The van der Waals surface area contributed by atoms with Gasteiger partial charge < -0.3 is 15.1 Å². The second-order valence-electron chi connectivity index (χ2n) is 7.19. The van der Waals surface area contributed by atoms with Crippen molar-refractivity contribution in [2.75, 3.05) is 58.3 Å². The molecule has 2 heterocycles. The minimum absolute atomic E-state index is 0.832. The molecule has 1 aliphatic heterocycles. The standard InChI is InChI=1S/C21H31N7/c1-18-5-7-19(8-6-18)17-26(3)20(22-2)25-11-12-27-13-15-28(16-14-27)21-23-9-4-10-24-21/h4-10H,11-17H2,1-3H3,(H,22,25). The Balaban J connectivity index is 1.39. The van der Waals surface area contributed by atoms with Gasteiger partial charge in [-0.3, -0.25) is 9.89 Å². The number of guanidine groups is 1. The molecular formula is C21H31N7. The van der Waals surface area contributed by atoms with Gasteiger partial charge in [0.15, 0.2) is 5.96 Å². The molecular weight excluding hydrogens is 350 g/mol. The van der Waals surface area contributed by atoms with E-state index in [1.54, 1.807) is 12.4 Å². The van der Waals surface area contributed by atoms with Crippen molar-refractivity contribution in [3.05, 3.63) is 53.9 Å². The predicted octanol–water partition coefficient (Wildman–Crippen LogP) is 1.61. The van der Waals surface area contributed by atoms with Crippen molar-refractivity contribution in [3.8, 4) is 0 Å². The number of hydrogen-bond donors (Lipinski definition) is 1. The van der Waals surface area contributed by atoms with Crippen LogP contribution in [0.4, 0.5) is 5.95 Å². The zero-order valence-corrected chi connectivity index (χ0v) is 17.2. The van der Waals surface area contributed by atoms with Crippen LogP contribution in [0.3, 0.4) is 0 Å². The second-order valence-corrected chi connectivity index (χ2v) is 7.19. The molecule has 1 fully saturated rings. The molecule has 0 unspecified atom stereocenters. The highest BCUT2D eigenvalue weighted by Crippen LogP contribution is 2.09. The van der Waals surface area contributed by atoms with Gasteiger partial charge in [-0.25, -0.2) is 9.97 Å². The Morgan fingerprint density at radius 1 is 1.11 bits per heavy atom. The van der Waals surface area contributed by atoms with E-state index in [1.807, 2.05) is 13.1 Å². The molecule has 1 aromatic carbocycles. The van der Waals surface area contributed by atoms with E-state index >= 15 is 0 Å². The minimum atomic E-state index is 0.832. The summed E-state index contributed by atoms with van der Waals surface area (Å²) in [6, 6.07) is 10.5. The van der Waals surface area contributed by atoms with E-state index in [4.69, 9.17) is 0 Å². The summed E-state index contributed by atoms with van der Waals surface area (Å²) in [6.07, 6.45) is 3.61. The number of aliphatic imine (C=N–C) groups is 1. The molecule has 7 heteroatoms. The van der Waals surface area contributed by atoms with Crippen LogP contribution in [-0.2, 0) is 6.54 Å². The van der Waals surface area contributed by atoms with Crippen LogP contribution < -0.4 is 10.2 Å². The van der Waals surface area contributed by atoms with Gasteiger partial charge in [-0.15, -0.1) is 0 Å². The molecule has 0 radical (unpaired) electrons. The van der Waals surface area contributed by atoms with Crippen molar-refractivity contribution in [1.82, 2.24) is 25.1 Å². The number of rotatable bonds is 6. The molecule has 1 N–H and O–H groups in total. The number of aromatic nitrogens is 2. The van der Waals surface area contributed by atoms with E-state index in [1.165, 1.54) is 11.1 Å². The van der Waals surface area contributed by atoms with Crippen molar-refractivity contribution in [3.63, 3.8) is 0 Å². The van der Waals surface area contributed by atoms with Gasteiger partial charge in [0.1, 0.15) is 0 Å². The lowest BCUT2D eigenvalue weighted by Crippen LogP contribution is -2.49. The number of aryl methyl sites for hydroxylation is 1. The molecule has 1 aromatic heterocycles. The summed E-state index contributed by atoms with van der Waals surface area (Å²) in [5.74, 6) is 1.76.